The predicted molar refractivity (Wildman–Crippen MR) is 71.4 cm³/mol. The van der Waals surface area contributed by atoms with Crippen molar-refractivity contribution >= 4 is 21.8 Å². The van der Waals surface area contributed by atoms with E-state index in [9.17, 15) is 4.79 Å². The highest BCUT2D eigenvalue weighted by atomic mass is 79.9. The molecule has 1 aromatic rings. The zero-order valence-corrected chi connectivity index (χ0v) is 11.6. The van der Waals surface area contributed by atoms with Gasteiger partial charge in [0.25, 0.3) is 5.91 Å². The van der Waals surface area contributed by atoms with Crippen LogP contribution in [0.3, 0.4) is 0 Å². The van der Waals surface area contributed by atoms with Gasteiger partial charge in [-0.25, -0.2) is 0 Å². The Hall–Kier alpha value is -0.900. The highest BCUT2D eigenvalue weighted by molar-refractivity contribution is 9.09. The van der Waals surface area contributed by atoms with Gasteiger partial charge in [0.05, 0.1) is 0 Å². The Morgan fingerprint density at radius 1 is 1.59 bits per heavy atom. The van der Waals surface area contributed by atoms with E-state index in [4.69, 9.17) is 0 Å². The topological polar surface area (TPSA) is 33.2 Å². The molecule has 2 rings (SSSR count). The van der Waals surface area contributed by atoms with Gasteiger partial charge >= 0.3 is 0 Å². The number of rotatable bonds is 2. The Labute approximate surface area is 110 Å². The normalized spacial score (nSPS) is 20.4. The summed E-state index contributed by atoms with van der Waals surface area (Å²) in [6.07, 6.45) is 5.08. The molecule has 0 bridgehead atoms. The summed E-state index contributed by atoms with van der Waals surface area (Å²) in [5.41, 5.74) is 1.55. The van der Waals surface area contributed by atoms with Gasteiger partial charge in [-0.1, -0.05) is 22.0 Å². The molecule has 1 aliphatic rings. The van der Waals surface area contributed by atoms with Crippen LogP contribution >= 0.6 is 15.9 Å². The van der Waals surface area contributed by atoms with Crippen LogP contribution < -0.4 is 0 Å². The lowest BCUT2D eigenvalue weighted by molar-refractivity contribution is 0.0635. The van der Waals surface area contributed by atoms with Gasteiger partial charge in [-0.05, 0) is 37.8 Å². The molecule has 0 spiro atoms. The third-order valence-corrected chi connectivity index (χ3v) is 4.03. The quantitative estimate of drug-likeness (QED) is 0.786. The first kappa shape index (κ1) is 12.6. The number of aromatic nitrogens is 1. The number of piperidine rings is 1. The number of hydrogen-bond acceptors (Lipinski definition) is 2. The van der Waals surface area contributed by atoms with E-state index in [-0.39, 0.29) is 5.91 Å². The second-order valence-corrected chi connectivity index (χ2v) is 5.12. The molecule has 0 N–H and O–H groups in total. The van der Waals surface area contributed by atoms with Crippen molar-refractivity contribution in [2.45, 2.75) is 32.2 Å². The van der Waals surface area contributed by atoms with Crippen LogP contribution in [0.25, 0.3) is 0 Å². The Kier molecular flexibility index (Phi) is 4.15. The van der Waals surface area contributed by atoms with Crippen molar-refractivity contribution in [3.63, 3.8) is 0 Å². The summed E-state index contributed by atoms with van der Waals surface area (Å²) in [4.78, 5) is 18.6. The molecule has 2 heterocycles. The van der Waals surface area contributed by atoms with Crippen LogP contribution in [0.5, 0.6) is 0 Å². The van der Waals surface area contributed by atoms with Gasteiger partial charge in [0.2, 0.25) is 0 Å². The van der Waals surface area contributed by atoms with Crippen molar-refractivity contribution < 1.29 is 4.79 Å². The number of alkyl halides is 1. The van der Waals surface area contributed by atoms with Crippen LogP contribution in [0.15, 0.2) is 18.3 Å². The van der Waals surface area contributed by atoms with E-state index in [0.29, 0.717) is 11.7 Å². The van der Waals surface area contributed by atoms with E-state index in [1.54, 1.807) is 6.20 Å². The van der Waals surface area contributed by atoms with Gasteiger partial charge in [-0.15, -0.1) is 0 Å². The minimum atomic E-state index is 0.0762. The van der Waals surface area contributed by atoms with E-state index in [1.807, 2.05) is 24.0 Å². The zero-order valence-electron chi connectivity index (χ0n) is 10.0. The lowest BCUT2D eigenvalue weighted by Gasteiger charge is -2.34. The molecule has 0 saturated carbocycles. The van der Waals surface area contributed by atoms with E-state index < -0.39 is 0 Å². The Morgan fingerprint density at radius 3 is 3.12 bits per heavy atom. The van der Waals surface area contributed by atoms with Crippen LogP contribution in [0.4, 0.5) is 0 Å². The van der Waals surface area contributed by atoms with Crippen molar-refractivity contribution in [1.29, 1.82) is 0 Å². The van der Waals surface area contributed by atoms with Crippen molar-refractivity contribution in [2.75, 3.05) is 11.9 Å². The Morgan fingerprint density at radius 2 is 2.41 bits per heavy atom. The summed E-state index contributed by atoms with van der Waals surface area (Å²) in [5, 5.41) is 0.852. The fourth-order valence-corrected chi connectivity index (χ4v) is 2.95. The predicted octanol–water partition coefficient (Wildman–Crippen LogP) is 2.78. The van der Waals surface area contributed by atoms with Gasteiger partial charge in [-0.3, -0.25) is 9.78 Å². The Bertz CT molecular complexity index is 408. The second-order valence-electron chi connectivity index (χ2n) is 4.47. The molecular formula is C13H17BrN2O. The molecule has 1 fully saturated rings. The summed E-state index contributed by atoms with van der Waals surface area (Å²) < 4.78 is 0. The minimum absolute atomic E-state index is 0.0762. The number of halogens is 1. The molecule has 4 heteroatoms. The largest absolute Gasteiger partial charge is 0.333 e. The average Bonchev–Trinajstić information content (AvgIpc) is 2.38. The van der Waals surface area contributed by atoms with Crippen LogP contribution in [0.2, 0.25) is 0 Å². The van der Waals surface area contributed by atoms with Gasteiger partial charge in [0.15, 0.2) is 0 Å². The van der Waals surface area contributed by atoms with Crippen molar-refractivity contribution in [1.82, 2.24) is 9.88 Å². The lowest BCUT2D eigenvalue weighted by Crippen LogP contribution is -2.45. The van der Waals surface area contributed by atoms with Crippen LogP contribution in [0.1, 0.15) is 35.3 Å². The van der Waals surface area contributed by atoms with Crippen LogP contribution in [-0.2, 0) is 0 Å². The maximum atomic E-state index is 12.4. The minimum Gasteiger partial charge on any atom is -0.333 e. The first-order valence-electron chi connectivity index (χ1n) is 6.02. The van der Waals surface area contributed by atoms with E-state index in [1.165, 1.54) is 6.42 Å². The fraction of sp³-hybridized carbons (Fsp3) is 0.538. The molecule has 17 heavy (non-hydrogen) atoms. The SMILES string of the molecule is Cc1cccnc1C(=O)N1CCCCC1CBr. The molecule has 92 valence electrons. The molecule has 1 amide bonds. The van der Waals surface area contributed by atoms with Crippen molar-refractivity contribution in [3.05, 3.63) is 29.6 Å². The fourth-order valence-electron chi connectivity index (χ4n) is 2.27. The van der Waals surface area contributed by atoms with E-state index in [0.717, 1.165) is 30.3 Å². The summed E-state index contributed by atoms with van der Waals surface area (Å²) >= 11 is 3.50. The first-order valence-corrected chi connectivity index (χ1v) is 7.14. The van der Waals surface area contributed by atoms with Crippen LogP contribution in [-0.4, -0.2) is 33.7 Å². The van der Waals surface area contributed by atoms with E-state index in [2.05, 4.69) is 20.9 Å². The number of hydrogen-bond donors (Lipinski definition) is 0. The number of aryl methyl sites for hydroxylation is 1. The summed E-state index contributed by atoms with van der Waals surface area (Å²) in [6, 6.07) is 4.12. The van der Waals surface area contributed by atoms with Gasteiger partial charge in [0, 0.05) is 24.1 Å². The smallest absolute Gasteiger partial charge is 0.272 e. The molecule has 0 aromatic carbocycles. The Balaban J connectivity index is 2.21. The standard InChI is InChI=1S/C13H17BrN2O/c1-10-5-4-7-15-12(10)13(17)16-8-3-2-6-11(16)9-14/h4-5,7,11H,2-3,6,8-9H2,1H3. The molecular weight excluding hydrogens is 280 g/mol. The molecule has 3 nitrogen and oxygen atoms in total. The van der Waals surface area contributed by atoms with Gasteiger partial charge in [-0.2, -0.15) is 0 Å². The van der Waals surface area contributed by atoms with Crippen LogP contribution in [0, 0.1) is 6.92 Å². The lowest BCUT2D eigenvalue weighted by atomic mass is 10.0. The molecule has 1 aliphatic heterocycles. The molecule has 1 unspecified atom stereocenters. The summed E-state index contributed by atoms with van der Waals surface area (Å²) in [6.45, 7) is 2.79. The number of carbonyl (C=O) groups excluding carboxylic acids is 1. The van der Waals surface area contributed by atoms with Crippen molar-refractivity contribution in [3.8, 4) is 0 Å². The average molecular weight is 297 g/mol. The highest BCUT2D eigenvalue weighted by Gasteiger charge is 2.27. The number of likely N-dealkylation sites (tertiary alicyclic amines) is 1. The third kappa shape index (κ3) is 2.68. The molecule has 0 aliphatic carbocycles. The number of carbonyl (C=O) groups is 1. The molecule has 1 saturated heterocycles. The third-order valence-electron chi connectivity index (χ3n) is 3.28. The summed E-state index contributed by atoms with van der Waals surface area (Å²) in [7, 11) is 0. The monoisotopic (exact) mass is 296 g/mol. The maximum Gasteiger partial charge on any atom is 0.272 e. The zero-order chi connectivity index (χ0) is 12.3. The molecule has 1 aromatic heterocycles. The maximum absolute atomic E-state index is 12.4. The molecule has 1 atom stereocenters. The second kappa shape index (κ2) is 5.63. The number of nitrogens with zero attached hydrogens (tertiary/aromatic N) is 2. The van der Waals surface area contributed by atoms with E-state index >= 15 is 0 Å². The van der Waals surface area contributed by atoms with Gasteiger partial charge < -0.3 is 4.90 Å². The number of amides is 1. The van der Waals surface area contributed by atoms with Crippen molar-refractivity contribution in [2.24, 2.45) is 0 Å². The summed E-state index contributed by atoms with van der Waals surface area (Å²) in [5.74, 6) is 0.0762. The highest BCUT2D eigenvalue weighted by Crippen LogP contribution is 2.21. The molecule has 0 radical (unpaired) electrons. The van der Waals surface area contributed by atoms with Gasteiger partial charge in [0.1, 0.15) is 5.69 Å². The number of pyridine rings is 1. The first-order chi connectivity index (χ1) is 8.24.